The quantitative estimate of drug-likeness (QED) is 0.561. The molecule has 0 aliphatic carbocycles. The van der Waals surface area contributed by atoms with Gasteiger partial charge in [0.05, 0.1) is 0 Å². The molecule has 0 bridgehead atoms. The van der Waals surface area contributed by atoms with Crippen LogP contribution in [0.1, 0.15) is 39.5 Å². The van der Waals surface area contributed by atoms with Gasteiger partial charge in [-0.3, -0.25) is 14.6 Å². The number of hydrogen-bond donors (Lipinski definition) is 3. The van der Waals surface area contributed by atoms with E-state index >= 15 is 0 Å². The van der Waals surface area contributed by atoms with Gasteiger partial charge in [0.25, 0.3) is 0 Å². The zero-order valence-electron chi connectivity index (χ0n) is 12.5. The van der Waals surface area contributed by atoms with Crippen molar-refractivity contribution in [1.29, 1.82) is 0 Å². The zero-order valence-corrected chi connectivity index (χ0v) is 12.5. The van der Waals surface area contributed by atoms with Crippen molar-refractivity contribution in [2.24, 2.45) is 10.9 Å². The van der Waals surface area contributed by atoms with Crippen LogP contribution in [0.4, 0.5) is 0 Å². The first-order valence-corrected chi connectivity index (χ1v) is 7.21. The van der Waals surface area contributed by atoms with Gasteiger partial charge < -0.3 is 15.7 Å². The fourth-order valence-corrected chi connectivity index (χ4v) is 2.23. The molecule has 3 N–H and O–H groups in total. The molecular weight excluding hydrogens is 274 g/mol. The van der Waals surface area contributed by atoms with Gasteiger partial charge in [-0.1, -0.05) is 6.92 Å². The van der Waals surface area contributed by atoms with E-state index in [4.69, 9.17) is 5.11 Å². The van der Waals surface area contributed by atoms with Gasteiger partial charge in [0.1, 0.15) is 12.1 Å². The van der Waals surface area contributed by atoms with Crippen LogP contribution in [0.5, 0.6) is 0 Å². The number of nitrogens with one attached hydrogen (secondary N) is 2. The fourth-order valence-electron chi connectivity index (χ4n) is 2.23. The lowest BCUT2D eigenvalue weighted by atomic mass is 10.0. The van der Waals surface area contributed by atoms with E-state index < -0.39 is 12.0 Å². The Bertz CT molecular complexity index is 422. The number of carboxylic acid groups (broad SMARTS) is 1. The maximum Gasteiger partial charge on any atom is 0.326 e. The Morgan fingerprint density at radius 2 is 2.10 bits per heavy atom. The van der Waals surface area contributed by atoms with Crippen molar-refractivity contribution in [2.75, 3.05) is 6.54 Å². The average molecular weight is 297 g/mol. The molecule has 0 aromatic rings. The van der Waals surface area contributed by atoms with Crippen LogP contribution in [-0.4, -0.2) is 47.7 Å². The van der Waals surface area contributed by atoms with E-state index in [1.54, 1.807) is 6.21 Å². The minimum absolute atomic E-state index is 0.0760. The van der Waals surface area contributed by atoms with Crippen molar-refractivity contribution in [1.82, 2.24) is 10.6 Å². The van der Waals surface area contributed by atoms with Crippen molar-refractivity contribution in [3.63, 3.8) is 0 Å². The van der Waals surface area contributed by atoms with E-state index in [9.17, 15) is 14.4 Å². The number of amides is 2. The van der Waals surface area contributed by atoms with Crippen LogP contribution in [0.25, 0.3) is 0 Å². The molecule has 2 amide bonds. The molecule has 2 unspecified atom stereocenters. The lowest BCUT2D eigenvalue weighted by molar-refractivity contribution is -0.141. The Kier molecular flexibility index (Phi) is 6.84. The van der Waals surface area contributed by atoms with Crippen molar-refractivity contribution < 1.29 is 19.5 Å². The Morgan fingerprint density at radius 3 is 2.62 bits per heavy atom. The van der Waals surface area contributed by atoms with Crippen LogP contribution in [0.3, 0.4) is 0 Å². The molecule has 21 heavy (non-hydrogen) atoms. The van der Waals surface area contributed by atoms with E-state index in [-0.39, 0.29) is 23.8 Å². The normalized spacial score (nSPS) is 21.8. The highest BCUT2D eigenvalue weighted by Crippen LogP contribution is 2.16. The van der Waals surface area contributed by atoms with Gasteiger partial charge >= 0.3 is 5.97 Å². The molecule has 7 heteroatoms. The number of carboxylic acids is 1. The predicted octanol–water partition coefficient (Wildman–Crippen LogP) is 0.341. The van der Waals surface area contributed by atoms with Crippen LogP contribution in [0, 0.1) is 5.92 Å². The molecule has 0 aromatic carbocycles. The summed E-state index contributed by atoms with van der Waals surface area (Å²) in [6.45, 7) is 3.77. The smallest absolute Gasteiger partial charge is 0.326 e. The highest BCUT2D eigenvalue weighted by molar-refractivity contribution is 5.85. The lowest BCUT2D eigenvalue weighted by Crippen LogP contribution is -2.39. The van der Waals surface area contributed by atoms with Gasteiger partial charge in [0, 0.05) is 19.7 Å². The van der Waals surface area contributed by atoms with E-state index in [1.807, 2.05) is 6.92 Å². The maximum atomic E-state index is 11.8. The number of carbonyl (C=O) groups excluding carboxylic acids is 2. The molecule has 1 aliphatic rings. The van der Waals surface area contributed by atoms with Crippen molar-refractivity contribution in [3.8, 4) is 0 Å². The molecule has 0 fully saturated rings. The van der Waals surface area contributed by atoms with Gasteiger partial charge in [0.2, 0.25) is 11.8 Å². The third-order valence-corrected chi connectivity index (χ3v) is 3.45. The molecule has 3 atom stereocenters. The minimum atomic E-state index is -1.04. The van der Waals surface area contributed by atoms with Crippen molar-refractivity contribution in [2.45, 2.75) is 51.6 Å². The number of aliphatic carboxylic acids is 1. The molecule has 1 aliphatic heterocycles. The Balaban J connectivity index is 2.18. The lowest BCUT2D eigenvalue weighted by Gasteiger charge is -2.15. The topological polar surface area (TPSA) is 108 Å². The monoisotopic (exact) mass is 297 g/mol. The van der Waals surface area contributed by atoms with Crippen LogP contribution >= 0.6 is 0 Å². The van der Waals surface area contributed by atoms with Gasteiger partial charge in [-0.2, -0.15) is 0 Å². The largest absolute Gasteiger partial charge is 0.480 e. The third-order valence-electron chi connectivity index (χ3n) is 3.45. The SMILES string of the molecule is CC(=O)NC(CCCCNC(=O)[C@@H]1N=CCC1C)C(=O)O. The molecular formula is C14H23N3O4. The minimum Gasteiger partial charge on any atom is -0.480 e. The van der Waals surface area contributed by atoms with Crippen LogP contribution in [0.2, 0.25) is 0 Å². The number of carbonyl (C=O) groups is 3. The number of aliphatic imine (C=N–C) groups is 1. The zero-order chi connectivity index (χ0) is 15.8. The molecule has 0 radical (unpaired) electrons. The Labute approximate surface area is 124 Å². The number of rotatable bonds is 8. The second kappa shape index (κ2) is 8.39. The molecule has 1 heterocycles. The van der Waals surface area contributed by atoms with Gasteiger partial charge in [0.15, 0.2) is 0 Å². The van der Waals surface area contributed by atoms with E-state index in [1.165, 1.54) is 6.92 Å². The fraction of sp³-hybridized carbons (Fsp3) is 0.714. The number of hydrogen-bond acceptors (Lipinski definition) is 4. The van der Waals surface area contributed by atoms with E-state index in [0.717, 1.165) is 6.42 Å². The van der Waals surface area contributed by atoms with Crippen LogP contribution < -0.4 is 10.6 Å². The summed E-state index contributed by atoms with van der Waals surface area (Å²) in [6.07, 6.45) is 4.23. The van der Waals surface area contributed by atoms with Crippen molar-refractivity contribution in [3.05, 3.63) is 0 Å². The summed E-state index contributed by atoms with van der Waals surface area (Å²) in [5.74, 6) is -1.24. The second-order valence-electron chi connectivity index (χ2n) is 5.37. The van der Waals surface area contributed by atoms with Gasteiger partial charge in [-0.05, 0) is 31.6 Å². The summed E-state index contributed by atoms with van der Waals surface area (Å²) in [4.78, 5) is 37.8. The van der Waals surface area contributed by atoms with E-state index in [2.05, 4.69) is 15.6 Å². The number of nitrogens with zero attached hydrogens (tertiary/aromatic N) is 1. The standard InChI is InChI=1S/C14H23N3O4/c1-9-6-8-15-12(9)13(19)16-7-4-3-5-11(14(20)21)17-10(2)18/h8-9,11-12H,3-7H2,1-2H3,(H,16,19)(H,17,18)(H,20,21)/t9?,11?,12-/m1/s1. The summed E-state index contributed by atoms with van der Waals surface area (Å²) in [5.41, 5.74) is 0. The first-order valence-electron chi connectivity index (χ1n) is 7.21. The summed E-state index contributed by atoms with van der Waals surface area (Å²) >= 11 is 0. The maximum absolute atomic E-state index is 11.8. The average Bonchev–Trinajstić information content (AvgIpc) is 2.82. The second-order valence-corrected chi connectivity index (χ2v) is 5.37. The van der Waals surface area contributed by atoms with Crippen LogP contribution in [0.15, 0.2) is 4.99 Å². The molecule has 0 saturated heterocycles. The summed E-state index contributed by atoms with van der Waals surface area (Å²) in [6, 6.07) is -1.16. The Morgan fingerprint density at radius 1 is 1.38 bits per heavy atom. The van der Waals surface area contributed by atoms with Gasteiger partial charge in [-0.15, -0.1) is 0 Å². The molecule has 0 aromatic heterocycles. The molecule has 1 rings (SSSR count). The summed E-state index contributed by atoms with van der Waals surface area (Å²) in [5, 5.41) is 14.1. The van der Waals surface area contributed by atoms with Crippen LogP contribution in [-0.2, 0) is 14.4 Å². The Hall–Kier alpha value is -1.92. The predicted molar refractivity (Wildman–Crippen MR) is 78.2 cm³/mol. The highest BCUT2D eigenvalue weighted by atomic mass is 16.4. The summed E-state index contributed by atoms with van der Waals surface area (Å²) in [7, 11) is 0. The molecule has 7 nitrogen and oxygen atoms in total. The number of unbranched alkanes of at least 4 members (excludes halogenated alkanes) is 1. The molecule has 0 spiro atoms. The highest BCUT2D eigenvalue weighted by Gasteiger charge is 2.26. The molecule has 118 valence electrons. The van der Waals surface area contributed by atoms with Gasteiger partial charge in [-0.25, -0.2) is 4.79 Å². The van der Waals surface area contributed by atoms with E-state index in [0.29, 0.717) is 25.8 Å². The van der Waals surface area contributed by atoms with Crippen molar-refractivity contribution >= 4 is 24.0 Å². The third kappa shape index (κ3) is 5.93. The first-order chi connectivity index (χ1) is 9.91. The molecule has 0 saturated carbocycles. The first kappa shape index (κ1) is 17.1. The summed E-state index contributed by atoms with van der Waals surface area (Å²) < 4.78 is 0.